The Bertz CT molecular complexity index is 1740. The number of carbonyl (C=O) groups excluding carboxylic acids is 1. The number of amides is 1. The molecule has 7 rings (SSSR count). The molecule has 2 aromatic carbocycles. The maximum atomic E-state index is 14.4. The van der Waals surface area contributed by atoms with E-state index in [2.05, 4.69) is 15.5 Å². The zero-order chi connectivity index (χ0) is 30.6. The fourth-order valence-electron chi connectivity index (χ4n) is 6.09. The van der Waals surface area contributed by atoms with Crippen molar-refractivity contribution in [3.63, 3.8) is 0 Å². The number of hydrogen-bond donors (Lipinski definition) is 1. The highest BCUT2D eigenvalue weighted by molar-refractivity contribution is 6.10. The molecule has 1 unspecified atom stereocenters. The van der Waals surface area contributed by atoms with Gasteiger partial charge in [0, 0.05) is 36.3 Å². The van der Waals surface area contributed by atoms with Gasteiger partial charge in [-0.1, -0.05) is 6.07 Å². The predicted molar refractivity (Wildman–Crippen MR) is 154 cm³/mol. The van der Waals surface area contributed by atoms with E-state index in [1.54, 1.807) is 23.7 Å². The van der Waals surface area contributed by atoms with Crippen molar-refractivity contribution in [3.05, 3.63) is 82.6 Å². The molecule has 12 heteroatoms. The van der Waals surface area contributed by atoms with Crippen LogP contribution in [0.5, 0.6) is 0 Å². The molecule has 0 radical (unpaired) electrons. The van der Waals surface area contributed by atoms with Gasteiger partial charge in [0.25, 0.3) is 5.91 Å². The van der Waals surface area contributed by atoms with Gasteiger partial charge in [0.15, 0.2) is 5.82 Å². The van der Waals surface area contributed by atoms with Gasteiger partial charge in [0.1, 0.15) is 18.0 Å². The number of nitrogens with one attached hydrogen (secondary N) is 1. The van der Waals surface area contributed by atoms with E-state index >= 15 is 0 Å². The normalized spacial score (nSPS) is 18.3. The molecule has 1 saturated carbocycles. The average Bonchev–Trinajstić information content (AvgIpc) is 3.38. The maximum absolute atomic E-state index is 14.4. The first-order chi connectivity index (χ1) is 21.2. The summed E-state index contributed by atoms with van der Waals surface area (Å²) in [6, 6.07) is 10.5. The molecule has 1 N–H and O–H groups in total. The Morgan fingerprint density at radius 3 is 2.59 bits per heavy atom. The summed E-state index contributed by atoms with van der Waals surface area (Å²) in [4.78, 5) is 19.9. The van der Waals surface area contributed by atoms with Crippen LogP contribution in [0.25, 0.3) is 22.5 Å². The molecular weight excluding hydrogens is 576 g/mol. The minimum atomic E-state index is -4.65. The molecule has 8 nitrogen and oxygen atoms in total. The van der Waals surface area contributed by atoms with Gasteiger partial charge < -0.3 is 14.6 Å². The monoisotopic (exact) mass is 606 g/mol. The first-order valence-electron chi connectivity index (χ1n) is 14.7. The lowest BCUT2D eigenvalue weighted by molar-refractivity contribution is -0.138. The van der Waals surface area contributed by atoms with Gasteiger partial charge in [-0.15, -0.1) is 10.2 Å². The third kappa shape index (κ3) is 5.48. The van der Waals surface area contributed by atoms with Crippen molar-refractivity contribution in [3.8, 4) is 22.5 Å². The van der Waals surface area contributed by atoms with Crippen LogP contribution in [0.1, 0.15) is 57.9 Å². The number of carbonyl (C=O) groups is 1. The molecule has 228 valence electrons. The molecule has 3 aliphatic rings. The number of fused-ring (bicyclic) bond motifs is 1. The third-order valence-corrected chi connectivity index (χ3v) is 8.54. The van der Waals surface area contributed by atoms with E-state index in [0.717, 1.165) is 44.1 Å². The molecule has 0 bridgehead atoms. The lowest BCUT2D eigenvalue weighted by Gasteiger charge is -2.19. The summed E-state index contributed by atoms with van der Waals surface area (Å²) >= 11 is 0. The Labute approximate surface area is 251 Å². The SMILES string of the molecule is Cn1cnnc1-c1cc(F)ccc1-c1cc(C2CC2)nc(N2Cc3c(cc(COCC4CCNC4)cc3C(F)(F)F)C2=O)c1. The number of aryl methyl sites for hydroxylation is 1. The molecule has 4 aromatic rings. The van der Waals surface area contributed by atoms with Crippen molar-refractivity contribution in [2.45, 2.75) is 44.5 Å². The second kappa shape index (κ2) is 11.1. The van der Waals surface area contributed by atoms with E-state index < -0.39 is 23.5 Å². The van der Waals surface area contributed by atoms with Crippen LogP contribution in [0.2, 0.25) is 0 Å². The quantitative estimate of drug-likeness (QED) is 0.253. The average molecular weight is 607 g/mol. The maximum Gasteiger partial charge on any atom is 0.416 e. The smallest absolute Gasteiger partial charge is 0.376 e. The summed E-state index contributed by atoms with van der Waals surface area (Å²) in [6.45, 7) is 1.87. The fourth-order valence-corrected chi connectivity index (χ4v) is 6.09. The van der Waals surface area contributed by atoms with Crippen molar-refractivity contribution in [2.75, 3.05) is 24.6 Å². The summed E-state index contributed by atoms with van der Waals surface area (Å²) in [5, 5.41) is 11.3. The van der Waals surface area contributed by atoms with Gasteiger partial charge in [-0.25, -0.2) is 9.37 Å². The van der Waals surface area contributed by atoms with E-state index in [9.17, 15) is 22.4 Å². The largest absolute Gasteiger partial charge is 0.416 e. The first kappa shape index (κ1) is 28.6. The molecule has 2 fully saturated rings. The minimum Gasteiger partial charge on any atom is -0.376 e. The summed E-state index contributed by atoms with van der Waals surface area (Å²) in [7, 11) is 1.75. The zero-order valence-electron chi connectivity index (χ0n) is 24.0. The van der Waals surface area contributed by atoms with Crippen LogP contribution in [0, 0.1) is 11.7 Å². The van der Waals surface area contributed by atoms with Crippen LogP contribution < -0.4 is 10.2 Å². The van der Waals surface area contributed by atoms with Gasteiger partial charge in [0.05, 0.1) is 25.3 Å². The van der Waals surface area contributed by atoms with Crippen molar-refractivity contribution < 1.29 is 27.1 Å². The highest BCUT2D eigenvalue weighted by Crippen LogP contribution is 2.44. The summed E-state index contributed by atoms with van der Waals surface area (Å²) in [6.07, 6.45) is -0.344. The third-order valence-electron chi connectivity index (χ3n) is 8.54. The van der Waals surface area contributed by atoms with Crippen LogP contribution in [-0.4, -0.2) is 45.4 Å². The summed E-state index contributed by atoms with van der Waals surface area (Å²) < 4.78 is 64.8. The van der Waals surface area contributed by atoms with Crippen LogP contribution in [0.3, 0.4) is 0 Å². The lowest BCUT2D eigenvalue weighted by Crippen LogP contribution is -2.24. The number of hydrogen-bond acceptors (Lipinski definition) is 6. The number of aromatic nitrogens is 4. The Balaban J connectivity index is 1.26. The Morgan fingerprint density at radius 1 is 1.05 bits per heavy atom. The minimum absolute atomic E-state index is 0.00249. The van der Waals surface area contributed by atoms with Crippen LogP contribution in [0.4, 0.5) is 23.4 Å². The summed E-state index contributed by atoms with van der Waals surface area (Å²) in [5.41, 5.74) is 1.93. The molecule has 2 aliphatic heterocycles. The number of alkyl halides is 3. The van der Waals surface area contributed by atoms with Gasteiger partial charge in [-0.3, -0.25) is 9.69 Å². The lowest BCUT2D eigenvalue weighted by atomic mass is 9.98. The Hall–Kier alpha value is -4.16. The van der Waals surface area contributed by atoms with E-state index in [-0.39, 0.29) is 36.0 Å². The predicted octanol–water partition coefficient (Wildman–Crippen LogP) is 5.87. The van der Waals surface area contributed by atoms with Crippen LogP contribution in [-0.2, 0) is 31.1 Å². The Kier molecular flexibility index (Phi) is 7.20. The standard InChI is InChI=1S/C32H30F4N6O2/c1-41-17-38-40-30(41)24-12-22(33)4-5-23(24)21-10-28(20-2-3-20)39-29(11-21)42-14-26-25(31(42)43)8-19(9-27(26)32(34,35)36)16-44-15-18-6-7-37-13-18/h4-5,8-12,17-18,20,37H,2-3,6-7,13-16H2,1H3. The highest BCUT2D eigenvalue weighted by Gasteiger charge is 2.41. The summed E-state index contributed by atoms with van der Waals surface area (Å²) in [5.74, 6) is 0.192. The molecule has 1 atom stereocenters. The van der Waals surface area contributed by atoms with E-state index in [1.165, 1.54) is 29.4 Å². The van der Waals surface area contributed by atoms with E-state index in [0.29, 0.717) is 40.6 Å². The van der Waals surface area contributed by atoms with Gasteiger partial charge in [-0.05, 0) is 90.4 Å². The molecular formula is C32H30F4N6O2. The molecule has 0 spiro atoms. The van der Waals surface area contributed by atoms with E-state index in [4.69, 9.17) is 9.72 Å². The van der Waals surface area contributed by atoms with Crippen molar-refractivity contribution in [2.24, 2.45) is 13.0 Å². The zero-order valence-corrected chi connectivity index (χ0v) is 24.0. The number of benzene rings is 2. The Morgan fingerprint density at radius 2 is 1.89 bits per heavy atom. The van der Waals surface area contributed by atoms with Crippen molar-refractivity contribution in [1.29, 1.82) is 0 Å². The van der Waals surface area contributed by atoms with Crippen LogP contribution >= 0.6 is 0 Å². The number of pyridine rings is 1. The second-order valence-electron chi connectivity index (χ2n) is 11.8. The molecule has 1 amide bonds. The van der Waals surface area contributed by atoms with Crippen molar-refractivity contribution >= 4 is 11.7 Å². The van der Waals surface area contributed by atoms with Gasteiger partial charge >= 0.3 is 6.18 Å². The second-order valence-corrected chi connectivity index (χ2v) is 11.8. The number of ether oxygens (including phenoxy) is 1. The first-order valence-corrected chi connectivity index (χ1v) is 14.7. The highest BCUT2D eigenvalue weighted by atomic mass is 19.4. The topological polar surface area (TPSA) is 85.2 Å². The molecule has 1 aliphatic carbocycles. The molecule has 4 heterocycles. The van der Waals surface area contributed by atoms with E-state index in [1.807, 2.05) is 6.07 Å². The van der Waals surface area contributed by atoms with Crippen LogP contribution in [0.15, 0.2) is 48.8 Å². The number of halogens is 4. The molecule has 44 heavy (non-hydrogen) atoms. The molecule has 2 aromatic heterocycles. The molecule has 1 saturated heterocycles. The number of rotatable bonds is 8. The van der Waals surface area contributed by atoms with Gasteiger partial charge in [0.2, 0.25) is 0 Å². The number of nitrogens with zero attached hydrogens (tertiary/aromatic N) is 5. The van der Waals surface area contributed by atoms with Gasteiger partial charge in [-0.2, -0.15) is 13.2 Å². The number of anilines is 1. The fraction of sp³-hybridized carbons (Fsp3) is 0.375. The van der Waals surface area contributed by atoms with Crippen molar-refractivity contribution in [1.82, 2.24) is 25.1 Å².